The molecule has 246 valence electrons. The highest BCUT2D eigenvalue weighted by molar-refractivity contribution is 5.36. The first-order chi connectivity index (χ1) is 21.0. The average molecular weight is 611 g/mol. The van der Waals surface area contributed by atoms with E-state index in [4.69, 9.17) is 9.47 Å². The Morgan fingerprint density at radius 2 is 1.07 bits per heavy atom. The molecule has 4 atom stereocenters. The summed E-state index contributed by atoms with van der Waals surface area (Å²) in [6.07, 6.45) is 6.72. The fraction of sp³-hybridized carbons (Fsp3) is 0.581. The number of fused-ring (bicyclic) bond motifs is 2. The normalized spacial score (nSPS) is 24.2. The molecule has 0 spiro atoms. The third-order valence-corrected chi connectivity index (χ3v) is 10.2. The van der Waals surface area contributed by atoms with E-state index in [9.17, 15) is 0 Å². The molecule has 1 heterocycles. The topological polar surface area (TPSA) is 18.5 Å². The summed E-state index contributed by atoms with van der Waals surface area (Å²) in [5.74, 6) is 1.39. The zero-order chi connectivity index (χ0) is 33.0. The van der Waals surface area contributed by atoms with Gasteiger partial charge in [0, 0.05) is 5.92 Å². The summed E-state index contributed by atoms with van der Waals surface area (Å²) >= 11 is 0. The summed E-state index contributed by atoms with van der Waals surface area (Å²) in [6, 6.07) is 28.4. The van der Waals surface area contributed by atoms with Gasteiger partial charge in [0.25, 0.3) is 0 Å². The van der Waals surface area contributed by atoms with Crippen molar-refractivity contribution in [2.24, 2.45) is 22.2 Å². The fourth-order valence-electron chi connectivity index (χ4n) is 7.56. The van der Waals surface area contributed by atoms with Gasteiger partial charge in [-0.2, -0.15) is 0 Å². The highest BCUT2D eigenvalue weighted by Gasteiger charge is 2.42. The molecular weight excluding hydrogens is 548 g/mol. The second-order valence-electron chi connectivity index (χ2n) is 17.3. The lowest BCUT2D eigenvalue weighted by Gasteiger charge is -2.46. The van der Waals surface area contributed by atoms with Crippen LogP contribution in [-0.4, -0.2) is 12.4 Å². The van der Waals surface area contributed by atoms with Crippen LogP contribution in [0.25, 0.3) is 0 Å². The van der Waals surface area contributed by atoms with Crippen LogP contribution >= 0.6 is 0 Å². The first kappa shape index (κ1) is 35.4. The van der Waals surface area contributed by atoms with Crippen LogP contribution in [0.1, 0.15) is 141 Å². The van der Waals surface area contributed by atoms with Crippen LogP contribution < -0.4 is 0 Å². The first-order valence-corrected chi connectivity index (χ1v) is 17.5. The smallest absolute Gasteiger partial charge is 0.163 e. The quantitative estimate of drug-likeness (QED) is 0.273. The lowest BCUT2D eigenvalue weighted by Crippen LogP contribution is -2.45. The van der Waals surface area contributed by atoms with Crippen molar-refractivity contribution in [2.45, 2.75) is 132 Å². The summed E-state index contributed by atoms with van der Waals surface area (Å²) in [6.45, 7) is 25.6. The lowest BCUT2D eigenvalue weighted by atomic mass is 9.69. The second kappa shape index (κ2) is 14.1. The van der Waals surface area contributed by atoms with Crippen molar-refractivity contribution in [3.05, 3.63) is 107 Å². The van der Waals surface area contributed by atoms with Crippen LogP contribution in [0.4, 0.5) is 0 Å². The monoisotopic (exact) mass is 610 g/mol. The second-order valence-corrected chi connectivity index (χ2v) is 17.3. The molecule has 0 N–H and O–H groups in total. The van der Waals surface area contributed by atoms with Gasteiger partial charge in [-0.3, -0.25) is 0 Å². The number of benzene rings is 3. The summed E-state index contributed by atoms with van der Waals surface area (Å²) in [4.78, 5) is 0. The number of rotatable bonds is 1. The van der Waals surface area contributed by atoms with Crippen molar-refractivity contribution < 1.29 is 9.47 Å². The predicted octanol–water partition coefficient (Wildman–Crippen LogP) is 12.1. The summed E-state index contributed by atoms with van der Waals surface area (Å²) in [5, 5.41) is 0. The molecule has 1 saturated heterocycles. The maximum Gasteiger partial charge on any atom is 0.163 e. The molecule has 0 saturated carbocycles. The molecule has 0 radical (unpaired) electrons. The molecule has 3 aromatic rings. The number of hydrogen-bond donors (Lipinski definition) is 0. The Kier molecular flexibility index (Phi) is 11.1. The van der Waals surface area contributed by atoms with Crippen LogP contribution in [0.3, 0.4) is 0 Å². The molecule has 3 aromatic carbocycles. The van der Waals surface area contributed by atoms with E-state index in [0.717, 1.165) is 18.4 Å². The molecule has 45 heavy (non-hydrogen) atoms. The van der Waals surface area contributed by atoms with Crippen molar-refractivity contribution in [1.82, 2.24) is 0 Å². The molecule has 0 aromatic heterocycles. The van der Waals surface area contributed by atoms with E-state index >= 15 is 0 Å². The number of hydrogen-bond acceptors (Lipinski definition) is 2. The van der Waals surface area contributed by atoms with Crippen molar-refractivity contribution >= 4 is 0 Å². The molecule has 0 amide bonds. The Balaban J connectivity index is 0.000000156. The standard InChI is InChI=1S/C16H24O2.C14H20.C13H18/c1-15(2,3)13-11-17-16(4,5)18-14(13)12-9-7-6-8-10-12;1-14(2,3)13-10-6-8-11-7-4-5-9-12(11)13;1-13(2,3)12-9-8-10-6-4-5-7-11(10)12/h6-10,13-14H,11H2,1-5H3;4-5,7,9,13H,6,8,10H2,1-3H3;4-7,12H,8-9H2,1-3H3. The molecule has 2 nitrogen and oxygen atoms in total. The fourth-order valence-corrected chi connectivity index (χ4v) is 7.56. The Morgan fingerprint density at radius 3 is 1.60 bits per heavy atom. The van der Waals surface area contributed by atoms with E-state index in [-0.39, 0.29) is 11.5 Å². The van der Waals surface area contributed by atoms with Crippen molar-refractivity contribution in [3.8, 4) is 0 Å². The van der Waals surface area contributed by atoms with Crippen LogP contribution in [0.15, 0.2) is 78.9 Å². The van der Waals surface area contributed by atoms with Crippen molar-refractivity contribution in [1.29, 1.82) is 0 Å². The van der Waals surface area contributed by atoms with Gasteiger partial charge >= 0.3 is 0 Å². The molecule has 2 aliphatic carbocycles. The molecule has 1 fully saturated rings. The number of ether oxygens (including phenoxy) is 2. The van der Waals surface area contributed by atoms with Gasteiger partial charge in [0.1, 0.15) is 0 Å². The zero-order valence-electron chi connectivity index (χ0n) is 30.4. The van der Waals surface area contributed by atoms with Crippen molar-refractivity contribution in [2.75, 3.05) is 6.61 Å². The van der Waals surface area contributed by atoms with Gasteiger partial charge < -0.3 is 9.47 Å². The van der Waals surface area contributed by atoms with Gasteiger partial charge in [0.05, 0.1) is 12.7 Å². The minimum atomic E-state index is -0.498. The minimum Gasteiger partial charge on any atom is -0.350 e. The summed E-state index contributed by atoms with van der Waals surface area (Å²) in [7, 11) is 0. The van der Waals surface area contributed by atoms with Gasteiger partial charge in [-0.1, -0.05) is 141 Å². The number of aryl methyl sites for hydroxylation is 2. The zero-order valence-corrected chi connectivity index (χ0v) is 30.4. The van der Waals surface area contributed by atoms with Gasteiger partial charge in [-0.15, -0.1) is 0 Å². The maximum absolute atomic E-state index is 6.18. The minimum absolute atomic E-state index is 0.106. The Hall–Kier alpha value is -2.42. The van der Waals surface area contributed by atoms with E-state index in [1.54, 1.807) is 22.3 Å². The highest BCUT2D eigenvalue weighted by atomic mass is 16.7. The van der Waals surface area contributed by atoms with Crippen LogP contribution in [0, 0.1) is 22.2 Å². The molecule has 2 heteroatoms. The Bertz CT molecular complexity index is 1350. The molecule has 1 aliphatic heterocycles. The van der Waals surface area contributed by atoms with E-state index in [2.05, 4.69) is 135 Å². The molecule has 6 rings (SSSR count). The van der Waals surface area contributed by atoms with Gasteiger partial charge in [0.15, 0.2) is 5.79 Å². The van der Waals surface area contributed by atoms with E-state index < -0.39 is 5.79 Å². The molecular formula is C43H62O2. The van der Waals surface area contributed by atoms with Gasteiger partial charge in [-0.25, -0.2) is 0 Å². The molecule has 4 unspecified atom stereocenters. The van der Waals surface area contributed by atoms with Crippen molar-refractivity contribution in [3.63, 3.8) is 0 Å². The summed E-state index contributed by atoms with van der Waals surface area (Å²) in [5.41, 5.74) is 8.59. The van der Waals surface area contributed by atoms with E-state index in [1.807, 2.05) is 19.9 Å². The lowest BCUT2D eigenvalue weighted by molar-refractivity contribution is -0.307. The van der Waals surface area contributed by atoms with E-state index in [1.165, 1.54) is 37.7 Å². The Morgan fingerprint density at radius 1 is 0.578 bits per heavy atom. The SMILES string of the molecule is CC(C)(C)C1CCCc2ccccc21.CC(C)(C)C1CCc2ccccc21.CC1(C)OCC(C(C)(C)C)C(c2ccccc2)O1. The summed E-state index contributed by atoms with van der Waals surface area (Å²) < 4.78 is 12.0. The average Bonchev–Trinajstić information content (AvgIpc) is 3.42. The van der Waals surface area contributed by atoms with Gasteiger partial charge in [0.2, 0.25) is 0 Å². The molecule has 3 aliphatic rings. The van der Waals surface area contributed by atoms with Crippen LogP contribution in [-0.2, 0) is 22.3 Å². The van der Waals surface area contributed by atoms with Crippen LogP contribution in [0.5, 0.6) is 0 Å². The van der Waals surface area contributed by atoms with Crippen LogP contribution in [0.2, 0.25) is 0 Å². The predicted molar refractivity (Wildman–Crippen MR) is 192 cm³/mol. The first-order valence-electron chi connectivity index (χ1n) is 17.5. The largest absolute Gasteiger partial charge is 0.350 e. The van der Waals surface area contributed by atoms with Gasteiger partial charge in [-0.05, 0) is 102 Å². The maximum atomic E-state index is 6.18. The third kappa shape index (κ3) is 9.32. The third-order valence-electron chi connectivity index (χ3n) is 10.2. The highest BCUT2D eigenvalue weighted by Crippen LogP contribution is 2.46. The van der Waals surface area contributed by atoms with E-state index in [0.29, 0.717) is 16.7 Å². The molecule has 0 bridgehead atoms. The Labute approximate surface area is 276 Å².